The molecule has 5 heteroatoms. The fourth-order valence-electron chi connectivity index (χ4n) is 1.18. The van der Waals surface area contributed by atoms with Crippen LogP contribution in [0, 0.1) is 0 Å². The van der Waals surface area contributed by atoms with Gasteiger partial charge in [-0.1, -0.05) is 6.92 Å². The van der Waals surface area contributed by atoms with E-state index in [4.69, 9.17) is 4.74 Å². The Kier molecular flexibility index (Phi) is 3.62. The van der Waals surface area contributed by atoms with Crippen molar-refractivity contribution in [3.05, 3.63) is 0 Å². The highest BCUT2D eigenvalue weighted by atomic mass is 16.5. The number of carbonyl (C=O) groups excluding carboxylic acids is 3. The molecule has 1 rings (SSSR count). The fraction of sp³-hybridized carbons (Fsp3) is 0.667. The minimum Gasteiger partial charge on any atom is -0.444 e. The van der Waals surface area contributed by atoms with Crippen molar-refractivity contribution in [2.24, 2.45) is 0 Å². The topological polar surface area (TPSA) is 63.7 Å². The van der Waals surface area contributed by atoms with Gasteiger partial charge in [-0.2, -0.15) is 0 Å². The number of rotatable bonds is 4. The summed E-state index contributed by atoms with van der Waals surface area (Å²) in [5.41, 5.74) is 0. The van der Waals surface area contributed by atoms with E-state index in [9.17, 15) is 14.4 Å². The van der Waals surface area contributed by atoms with E-state index in [1.165, 1.54) is 0 Å². The molecule has 1 fully saturated rings. The Morgan fingerprint density at radius 3 is 2.43 bits per heavy atom. The Balaban J connectivity index is 2.33. The predicted octanol–water partition coefficient (Wildman–Crippen LogP) is 0.436. The van der Waals surface area contributed by atoms with E-state index < -0.39 is 0 Å². The molecule has 0 N–H and O–H groups in total. The summed E-state index contributed by atoms with van der Waals surface area (Å²) in [7, 11) is 0. The zero-order chi connectivity index (χ0) is 10.6. The van der Waals surface area contributed by atoms with E-state index in [1.54, 1.807) is 0 Å². The van der Waals surface area contributed by atoms with E-state index in [2.05, 4.69) is 0 Å². The van der Waals surface area contributed by atoms with Gasteiger partial charge in [0.05, 0.1) is 0 Å². The van der Waals surface area contributed by atoms with Crippen molar-refractivity contribution in [1.29, 1.82) is 0 Å². The van der Waals surface area contributed by atoms with Crippen LogP contribution in [0.15, 0.2) is 0 Å². The summed E-state index contributed by atoms with van der Waals surface area (Å²) in [5, 5.41) is 0. The zero-order valence-electron chi connectivity index (χ0n) is 8.12. The lowest BCUT2D eigenvalue weighted by atomic mass is 10.3. The molecule has 0 aromatic carbocycles. The summed E-state index contributed by atoms with van der Waals surface area (Å²) in [6, 6.07) is 0. The quantitative estimate of drug-likeness (QED) is 0.486. The Morgan fingerprint density at radius 2 is 1.93 bits per heavy atom. The van der Waals surface area contributed by atoms with E-state index in [0.717, 1.165) is 4.90 Å². The van der Waals surface area contributed by atoms with Crippen LogP contribution in [0.3, 0.4) is 0 Å². The number of amides is 2. The third-order valence-corrected chi connectivity index (χ3v) is 1.96. The molecule has 2 amide bonds. The van der Waals surface area contributed by atoms with Crippen molar-refractivity contribution >= 4 is 17.8 Å². The molecule has 14 heavy (non-hydrogen) atoms. The van der Waals surface area contributed by atoms with Gasteiger partial charge in [0.25, 0.3) is 0 Å². The maximum absolute atomic E-state index is 11.1. The highest BCUT2D eigenvalue weighted by Crippen LogP contribution is 2.11. The van der Waals surface area contributed by atoms with Crippen LogP contribution in [0.1, 0.15) is 32.6 Å². The third-order valence-electron chi connectivity index (χ3n) is 1.96. The van der Waals surface area contributed by atoms with Crippen molar-refractivity contribution in [1.82, 2.24) is 4.90 Å². The van der Waals surface area contributed by atoms with Crippen LogP contribution in [0.4, 0.5) is 0 Å². The molecular weight excluding hydrogens is 186 g/mol. The summed E-state index contributed by atoms with van der Waals surface area (Å²) < 4.78 is 4.75. The van der Waals surface area contributed by atoms with Crippen LogP contribution in [0.5, 0.6) is 0 Å². The van der Waals surface area contributed by atoms with Gasteiger partial charge in [-0.05, 0) is 6.42 Å². The number of likely N-dealkylation sites (tertiary alicyclic amines) is 1. The molecule has 5 nitrogen and oxygen atoms in total. The van der Waals surface area contributed by atoms with Gasteiger partial charge in [-0.15, -0.1) is 0 Å². The number of imide groups is 1. The highest BCUT2D eigenvalue weighted by Gasteiger charge is 2.29. The van der Waals surface area contributed by atoms with Gasteiger partial charge in [0.2, 0.25) is 11.8 Å². The molecule has 78 valence electrons. The first-order chi connectivity index (χ1) is 6.65. The molecule has 1 saturated heterocycles. The SMILES string of the molecule is CCCC(=O)OCN1C(=O)CCC1=O. The smallest absolute Gasteiger partial charge is 0.307 e. The summed E-state index contributed by atoms with van der Waals surface area (Å²) in [6.07, 6.45) is 1.46. The van der Waals surface area contributed by atoms with Crippen LogP contribution >= 0.6 is 0 Å². The Labute approximate surface area is 82.0 Å². The second kappa shape index (κ2) is 4.74. The molecule has 1 heterocycles. The van der Waals surface area contributed by atoms with Gasteiger partial charge in [0.1, 0.15) is 0 Å². The van der Waals surface area contributed by atoms with Gasteiger partial charge < -0.3 is 4.74 Å². The van der Waals surface area contributed by atoms with Crippen molar-refractivity contribution < 1.29 is 19.1 Å². The molecule has 0 aromatic rings. The van der Waals surface area contributed by atoms with Crippen LogP contribution in [0.25, 0.3) is 0 Å². The van der Waals surface area contributed by atoms with Gasteiger partial charge in [0.15, 0.2) is 6.73 Å². The average molecular weight is 199 g/mol. The van der Waals surface area contributed by atoms with Crippen LogP contribution in [-0.2, 0) is 19.1 Å². The van der Waals surface area contributed by atoms with Gasteiger partial charge in [-0.3, -0.25) is 14.4 Å². The zero-order valence-corrected chi connectivity index (χ0v) is 8.12. The molecule has 1 aliphatic rings. The number of hydrogen-bond acceptors (Lipinski definition) is 4. The van der Waals surface area contributed by atoms with E-state index >= 15 is 0 Å². The maximum atomic E-state index is 11.1. The molecule has 0 radical (unpaired) electrons. The molecule has 0 atom stereocenters. The molecule has 0 aromatic heterocycles. The molecule has 0 unspecified atom stereocenters. The molecule has 0 spiro atoms. The summed E-state index contributed by atoms with van der Waals surface area (Å²) >= 11 is 0. The van der Waals surface area contributed by atoms with Crippen molar-refractivity contribution in [3.63, 3.8) is 0 Å². The minimum atomic E-state index is -0.375. The van der Waals surface area contributed by atoms with E-state index in [-0.39, 0.29) is 37.4 Å². The lowest BCUT2D eigenvalue weighted by Crippen LogP contribution is -2.32. The summed E-state index contributed by atoms with van der Waals surface area (Å²) in [4.78, 5) is 34.1. The lowest BCUT2D eigenvalue weighted by molar-refractivity contribution is -0.155. The Morgan fingerprint density at radius 1 is 1.36 bits per heavy atom. The second-order valence-electron chi connectivity index (χ2n) is 3.11. The number of carbonyl (C=O) groups is 3. The fourth-order valence-corrected chi connectivity index (χ4v) is 1.18. The molecule has 0 aliphatic carbocycles. The Bertz CT molecular complexity index is 246. The largest absolute Gasteiger partial charge is 0.444 e. The molecule has 1 aliphatic heterocycles. The number of esters is 1. The first-order valence-corrected chi connectivity index (χ1v) is 4.64. The molecular formula is C9H13NO4. The third kappa shape index (κ3) is 2.55. The van der Waals surface area contributed by atoms with Crippen molar-refractivity contribution in [3.8, 4) is 0 Å². The normalized spacial score (nSPS) is 16.2. The second-order valence-corrected chi connectivity index (χ2v) is 3.11. The maximum Gasteiger partial charge on any atom is 0.307 e. The van der Waals surface area contributed by atoms with E-state index in [0.29, 0.717) is 12.8 Å². The van der Waals surface area contributed by atoms with Crippen molar-refractivity contribution in [2.45, 2.75) is 32.6 Å². The van der Waals surface area contributed by atoms with E-state index in [1.807, 2.05) is 6.92 Å². The first-order valence-electron chi connectivity index (χ1n) is 4.64. The van der Waals surface area contributed by atoms with Crippen LogP contribution in [0.2, 0.25) is 0 Å². The number of hydrogen-bond donors (Lipinski definition) is 0. The average Bonchev–Trinajstić information content (AvgIpc) is 2.44. The van der Waals surface area contributed by atoms with Crippen molar-refractivity contribution in [2.75, 3.05) is 6.73 Å². The monoisotopic (exact) mass is 199 g/mol. The van der Waals surface area contributed by atoms with Crippen LogP contribution < -0.4 is 0 Å². The standard InChI is InChI=1S/C9H13NO4/c1-2-3-9(13)14-6-10-7(11)4-5-8(10)12/h2-6H2,1H3. The van der Waals surface area contributed by atoms with Crippen LogP contribution in [-0.4, -0.2) is 29.4 Å². The number of ether oxygens (including phenoxy) is 1. The molecule has 0 saturated carbocycles. The minimum absolute atomic E-state index is 0.226. The Hall–Kier alpha value is -1.39. The highest BCUT2D eigenvalue weighted by molar-refractivity contribution is 6.01. The summed E-state index contributed by atoms with van der Waals surface area (Å²) in [5.74, 6) is -0.904. The first kappa shape index (κ1) is 10.7. The van der Waals surface area contributed by atoms with Gasteiger partial charge in [0, 0.05) is 19.3 Å². The number of nitrogens with zero attached hydrogens (tertiary/aromatic N) is 1. The van der Waals surface area contributed by atoms with Gasteiger partial charge >= 0.3 is 5.97 Å². The molecule has 0 bridgehead atoms. The predicted molar refractivity (Wildman–Crippen MR) is 47.0 cm³/mol. The lowest BCUT2D eigenvalue weighted by Gasteiger charge is -2.13. The van der Waals surface area contributed by atoms with Gasteiger partial charge in [-0.25, -0.2) is 4.90 Å². The summed E-state index contributed by atoms with van der Waals surface area (Å²) in [6.45, 7) is 1.63.